The van der Waals surface area contributed by atoms with Crippen molar-refractivity contribution in [1.82, 2.24) is 0 Å². The van der Waals surface area contributed by atoms with Crippen LogP contribution in [-0.2, 0) is 10.9 Å². The minimum atomic E-state index is -4.39. The van der Waals surface area contributed by atoms with Gasteiger partial charge < -0.3 is 9.47 Å². The predicted molar refractivity (Wildman–Crippen MR) is 56.0 cm³/mol. The number of halogens is 3. The van der Waals surface area contributed by atoms with Gasteiger partial charge in [-0.3, -0.25) is 0 Å². The molecule has 1 heterocycles. The second kappa shape index (κ2) is 4.56. The van der Waals surface area contributed by atoms with Crippen molar-refractivity contribution in [2.24, 2.45) is 0 Å². The maximum atomic E-state index is 12.8. The molecule has 0 radical (unpaired) electrons. The number of hydrogen-bond donors (Lipinski definition) is 0. The quantitative estimate of drug-likeness (QED) is 0.797. The lowest BCUT2D eigenvalue weighted by atomic mass is 10.1. The summed E-state index contributed by atoms with van der Waals surface area (Å²) in [6.45, 7) is 2.51. The van der Waals surface area contributed by atoms with Crippen molar-refractivity contribution in [3.8, 4) is 5.75 Å². The van der Waals surface area contributed by atoms with E-state index in [1.165, 1.54) is 6.07 Å². The van der Waals surface area contributed by atoms with Gasteiger partial charge in [-0.15, -0.1) is 0 Å². The van der Waals surface area contributed by atoms with E-state index in [1.807, 2.05) is 0 Å². The SMILES string of the molecule is Cc1ccc(OC2CCOC2)c(C(F)(F)F)c1. The second-order valence-corrected chi connectivity index (χ2v) is 4.10. The first-order valence-electron chi connectivity index (χ1n) is 5.39. The van der Waals surface area contributed by atoms with Crippen molar-refractivity contribution < 1.29 is 22.6 Å². The summed E-state index contributed by atoms with van der Waals surface area (Å²) in [5.74, 6) is -0.112. The van der Waals surface area contributed by atoms with E-state index in [-0.39, 0.29) is 11.9 Å². The summed E-state index contributed by atoms with van der Waals surface area (Å²) in [6, 6.07) is 4.09. The summed E-state index contributed by atoms with van der Waals surface area (Å²) in [5, 5.41) is 0. The maximum absolute atomic E-state index is 12.8. The number of alkyl halides is 3. The van der Waals surface area contributed by atoms with Gasteiger partial charge in [0.15, 0.2) is 0 Å². The Balaban J connectivity index is 2.25. The van der Waals surface area contributed by atoms with Crippen LogP contribution in [0.5, 0.6) is 5.75 Å². The molecule has 0 aromatic heterocycles. The van der Waals surface area contributed by atoms with E-state index in [4.69, 9.17) is 9.47 Å². The monoisotopic (exact) mass is 246 g/mol. The first-order valence-corrected chi connectivity index (χ1v) is 5.39. The van der Waals surface area contributed by atoms with Crippen LogP contribution in [-0.4, -0.2) is 19.3 Å². The van der Waals surface area contributed by atoms with Gasteiger partial charge in [0.25, 0.3) is 0 Å². The zero-order chi connectivity index (χ0) is 12.5. The van der Waals surface area contributed by atoms with Crippen LogP contribution in [0.25, 0.3) is 0 Å². The molecule has 1 aromatic carbocycles. The normalized spacial score (nSPS) is 20.6. The number of benzene rings is 1. The van der Waals surface area contributed by atoms with Gasteiger partial charge >= 0.3 is 6.18 Å². The molecule has 0 aliphatic carbocycles. The van der Waals surface area contributed by atoms with Gasteiger partial charge in [-0.25, -0.2) is 0 Å². The Morgan fingerprint density at radius 3 is 2.71 bits per heavy atom. The molecular weight excluding hydrogens is 233 g/mol. The van der Waals surface area contributed by atoms with E-state index < -0.39 is 11.7 Å². The van der Waals surface area contributed by atoms with Crippen molar-refractivity contribution >= 4 is 0 Å². The Hall–Kier alpha value is -1.23. The van der Waals surface area contributed by atoms with Gasteiger partial charge in [0.1, 0.15) is 11.9 Å². The topological polar surface area (TPSA) is 18.5 Å². The molecule has 2 rings (SSSR count). The molecule has 2 nitrogen and oxygen atoms in total. The highest BCUT2D eigenvalue weighted by Crippen LogP contribution is 2.37. The third-order valence-electron chi connectivity index (χ3n) is 2.62. The van der Waals surface area contributed by atoms with Crippen molar-refractivity contribution in [2.45, 2.75) is 25.6 Å². The molecular formula is C12H13F3O2. The smallest absolute Gasteiger partial charge is 0.419 e. The zero-order valence-electron chi connectivity index (χ0n) is 9.38. The molecule has 1 atom stereocenters. The average molecular weight is 246 g/mol. The summed E-state index contributed by atoms with van der Waals surface area (Å²) < 4.78 is 48.8. The second-order valence-electron chi connectivity index (χ2n) is 4.10. The third-order valence-corrected chi connectivity index (χ3v) is 2.62. The summed E-state index contributed by atoms with van der Waals surface area (Å²) in [5.41, 5.74) is -0.156. The molecule has 17 heavy (non-hydrogen) atoms. The number of ether oxygens (including phenoxy) is 2. The van der Waals surface area contributed by atoms with E-state index in [0.29, 0.717) is 25.2 Å². The lowest BCUT2D eigenvalue weighted by Gasteiger charge is -2.17. The molecule has 1 unspecified atom stereocenters. The number of hydrogen-bond acceptors (Lipinski definition) is 2. The highest BCUT2D eigenvalue weighted by Gasteiger charge is 2.35. The van der Waals surface area contributed by atoms with E-state index in [0.717, 1.165) is 6.07 Å². The predicted octanol–water partition coefficient (Wildman–Crippen LogP) is 3.18. The summed E-state index contributed by atoms with van der Waals surface area (Å²) in [6.07, 6.45) is -4.04. The molecule has 0 bridgehead atoms. The zero-order valence-corrected chi connectivity index (χ0v) is 9.38. The first-order chi connectivity index (χ1) is 7.97. The molecule has 1 aromatic rings. The average Bonchev–Trinajstić information content (AvgIpc) is 2.72. The van der Waals surface area contributed by atoms with Gasteiger partial charge in [-0.2, -0.15) is 13.2 Å². The molecule has 1 aliphatic heterocycles. The Morgan fingerprint density at radius 1 is 1.35 bits per heavy atom. The Morgan fingerprint density at radius 2 is 2.12 bits per heavy atom. The van der Waals surface area contributed by atoms with Crippen LogP contribution in [0.4, 0.5) is 13.2 Å². The minimum Gasteiger partial charge on any atom is -0.487 e. The van der Waals surface area contributed by atoms with E-state index in [1.54, 1.807) is 13.0 Å². The van der Waals surface area contributed by atoms with Crippen LogP contribution >= 0.6 is 0 Å². The molecule has 1 aliphatic rings. The number of rotatable bonds is 2. The molecule has 1 saturated heterocycles. The third kappa shape index (κ3) is 2.91. The van der Waals surface area contributed by atoms with Crippen LogP contribution in [0.1, 0.15) is 17.5 Å². The van der Waals surface area contributed by atoms with Crippen LogP contribution in [0.15, 0.2) is 18.2 Å². The summed E-state index contributed by atoms with van der Waals surface area (Å²) in [4.78, 5) is 0. The fourth-order valence-corrected chi connectivity index (χ4v) is 1.75. The van der Waals surface area contributed by atoms with Crippen molar-refractivity contribution in [3.05, 3.63) is 29.3 Å². The van der Waals surface area contributed by atoms with Gasteiger partial charge in [0, 0.05) is 6.42 Å². The lowest BCUT2D eigenvalue weighted by molar-refractivity contribution is -0.139. The number of aryl methyl sites for hydroxylation is 1. The van der Waals surface area contributed by atoms with Crippen molar-refractivity contribution in [2.75, 3.05) is 13.2 Å². The fourth-order valence-electron chi connectivity index (χ4n) is 1.75. The van der Waals surface area contributed by atoms with Crippen molar-refractivity contribution in [1.29, 1.82) is 0 Å². The fraction of sp³-hybridized carbons (Fsp3) is 0.500. The largest absolute Gasteiger partial charge is 0.487 e. The molecule has 0 N–H and O–H groups in total. The van der Waals surface area contributed by atoms with Crippen LogP contribution in [0, 0.1) is 6.92 Å². The summed E-state index contributed by atoms with van der Waals surface area (Å²) >= 11 is 0. The van der Waals surface area contributed by atoms with Gasteiger partial charge in [0.2, 0.25) is 0 Å². The van der Waals surface area contributed by atoms with Gasteiger partial charge in [-0.1, -0.05) is 11.6 Å². The van der Waals surface area contributed by atoms with E-state index in [2.05, 4.69) is 0 Å². The summed E-state index contributed by atoms with van der Waals surface area (Å²) in [7, 11) is 0. The first kappa shape index (κ1) is 12.2. The molecule has 94 valence electrons. The molecule has 0 amide bonds. The maximum Gasteiger partial charge on any atom is 0.419 e. The highest BCUT2D eigenvalue weighted by atomic mass is 19.4. The molecule has 0 saturated carbocycles. The van der Waals surface area contributed by atoms with Crippen molar-refractivity contribution in [3.63, 3.8) is 0 Å². The highest BCUT2D eigenvalue weighted by molar-refractivity contribution is 5.39. The van der Waals surface area contributed by atoms with Crippen LogP contribution in [0.2, 0.25) is 0 Å². The molecule has 0 spiro atoms. The van der Waals surface area contributed by atoms with Crippen LogP contribution < -0.4 is 4.74 Å². The standard InChI is InChI=1S/C12H13F3O2/c1-8-2-3-11(10(6-8)12(13,14)15)17-9-4-5-16-7-9/h2-3,6,9H,4-5,7H2,1H3. The molecule has 1 fully saturated rings. The molecule has 5 heteroatoms. The Kier molecular flexibility index (Phi) is 3.28. The minimum absolute atomic E-state index is 0.112. The lowest BCUT2D eigenvalue weighted by Crippen LogP contribution is -2.18. The Bertz CT molecular complexity index is 395. The van der Waals surface area contributed by atoms with Crippen LogP contribution in [0.3, 0.4) is 0 Å². The van der Waals surface area contributed by atoms with E-state index >= 15 is 0 Å². The van der Waals surface area contributed by atoms with Gasteiger partial charge in [0.05, 0.1) is 18.8 Å². The van der Waals surface area contributed by atoms with E-state index in [9.17, 15) is 13.2 Å². The Labute approximate surface area is 97.3 Å². The van der Waals surface area contributed by atoms with Gasteiger partial charge in [-0.05, 0) is 19.1 Å².